The number of amides is 2. The zero-order valence-corrected chi connectivity index (χ0v) is 22.6. The molecular formula is C27H40ClN5O2. The van der Waals surface area contributed by atoms with Crippen molar-refractivity contribution in [2.24, 2.45) is 0 Å². The molecule has 1 aliphatic heterocycles. The van der Waals surface area contributed by atoms with Gasteiger partial charge >= 0.3 is 0 Å². The maximum atomic E-state index is 13.0. The number of benzene rings is 1. The number of aromatic nitrogens is 2. The van der Waals surface area contributed by atoms with E-state index in [2.05, 4.69) is 29.2 Å². The van der Waals surface area contributed by atoms with Crippen LogP contribution in [0.2, 0.25) is 5.02 Å². The molecule has 0 radical (unpaired) electrons. The van der Waals surface area contributed by atoms with Crippen molar-refractivity contribution in [3.05, 3.63) is 45.7 Å². The molecular weight excluding hydrogens is 462 g/mol. The predicted molar refractivity (Wildman–Crippen MR) is 142 cm³/mol. The van der Waals surface area contributed by atoms with Gasteiger partial charge in [-0.25, -0.2) is 0 Å². The highest BCUT2D eigenvalue weighted by Gasteiger charge is 2.21. The Morgan fingerprint density at radius 1 is 1.09 bits per heavy atom. The summed E-state index contributed by atoms with van der Waals surface area (Å²) in [7, 11) is 0. The molecule has 1 N–H and O–H groups in total. The van der Waals surface area contributed by atoms with Crippen LogP contribution in [-0.2, 0) is 17.9 Å². The van der Waals surface area contributed by atoms with Gasteiger partial charge in [0.05, 0.1) is 23.0 Å². The Morgan fingerprint density at radius 3 is 2.40 bits per heavy atom. The maximum Gasteiger partial charge on any atom is 0.251 e. The molecule has 0 bridgehead atoms. The summed E-state index contributed by atoms with van der Waals surface area (Å²) in [5.74, 6) is -0.0860. The first-order valence-corrected chi connectivity index (χ1v) is 13.2. The van der Waals surface area contributed by atoms with Crippen molar-refractivity contribution in [3.8, 4) is 0 Å². The summed E-state index contributed by atoms with van der Waals surface area (Å²) in [5, 5.41) is 8.10. The number of carbonyl (C=O) groups excluding carboxylic acids is 2. The van der Waals surface area contributed by atoms with Gasteiger partial charge in [0.1, 0.15) is 0 Å². The topological polar surface area (TPSA) is 70.5 Å². The molecule has 8 heteroatoms. The molecule has 0 aliphatic carbocycles. The molecule has 1 aromatic heterocycles. The molecule has 0 spiro atoms. The second-order valence-corrected chi connectivity index (χ2v) is 10.2. The predicted octanol–water partition coefficient (Wildman–Crippen LogP) is 5.11. The Bertz CT molecular complexity index is 1030. The van der Waals surface area contributed by atoms with Crippen molar-refractivity contribution in [3.63, 3.8) is 0 Å². The third-order valence-corrected chi connectivity index (χ3v) is 7.39. The van der Waals surface area contributed by atoms with Crippen LogP contribution in [0.5, 0.6) is 0 Å². The van der Waals surface area contributed by atoms with Gasteiger partial charge in [-0.1, -0.05) is 30.9 Å². The van der Waals surface area contributed by atoms with Crippen LogP contribution in [0.3, 0.4) is 0 Å². The van der Waals surface area contributed by atoms with Crippen LogP contribution in [0, 0.1) is 13.8 Å². The number of aryl methyl sites for hydroxylation is 1. The van der Waals surface area contributed by atoms with E-state index in [1.165, 1.54) is 19.3 Å². The number of rotatable bonds is 5. The number of nitrogens with one attached hydrogen (secondary N) is 1. The molecule has 0 atom stereocenters. The maximum absolute atomic E-state index is 13.0. The summed E-state index contributed by atoms with van der Waals surface area (Å²) in [6.07, 6.45) is 5.69. The van der Waals surface area contributed by atoms with Crippen LogP contribution in [0.25, 0.3) is 0 Å². The Morgan fingerprint density at radius 2 is 1.77 bits per heavy atom. The molecule has 7 nitrogen and oxygen atoms in total. The summed E-state index contributed by atoms with van der Waals surface area (Å²) >= 11 is 6.23. The summed E-state index contributed by atoms with van der Waals surface area (Å²) < 4.78 is 1.82. The highest BCUT2D eigenvalue weighted by Crippen LogP contribution is 2.27. The van der Waals surface area contributed by atoms with Gasteiger partial charge in [-0.2, -0.15) is 5.10 Å². The van der Waals surface area contributed by atoms with E-state index in [0.29, 0.717) is 42.8 Å². The standard InChI is InChI=1S/C27H40ClN5O2/c1-19(2)31-14-9-7-6-8-10-15-32(22(5)34)25-12-11-23(17-24(25)18-31)27(35)29-13-16-33-21(4)26(28)20(3)30-33/h11-12,17,19H,6-10,13-16,18H2,1-5H3,(H,29,35). The van der Waals surface area contributed by atoms with E-state index in [-0.39, 0.29) is 11.8 Å². The van der Waals surface area contributed by atoms with Gasteiger partial charge in [0, 0.05) is 43.9 Å². The second kappa shape index (κ2) is 12.5. The summed E-state index contributed by atoms with van der Waals surface area (Å²) in [6.45, 7) is 13.3. The lowest BCUT2D eigenvalue weighted by molar-refractivity contribution is -0.116. The van der Waals surface area contributed by atoms with Gasteiger partial charge in [0.15, 0.2) is 0 Å². The first-order valence-electron chi connectivity index (χ1n) is 12.8. The number of nitrogens with zero attached hydrogens (tertiary/aromatic N) is 4. The molecule has 0 saturated carbocycles. The summed E-state index contributed by atoms with van der Waals surface area (Å²) in [6, 6.07) is 6.11. The lowest BCUT2D eigenvalue weighted by Gasteiger charge is -2.31. The summed E-state index contributed by atoms with van der Waals surface area (Å²) in [4.78, 5) is 29.9. The Balaban J connectivity index is 1.82. The van der Waals surface area contributed by atoms with E-state index < -0.39 is 0 Å². The van der Waals surface area contributed by atoms with Crippen LogP contribution in [0.1, 0.15) is 80.2 Å². The van der Waals surface area contributed by atoms with E-state index in [9.17, 15) is 9.59 Å². The van der Waals surface area contributed by atoms with Crippen molar-refractivity contribution < 1.29 is 9.59 Å². The quantitative estimate of drug-likeness (QED) is 0.618. The van der Waals surface area contributed by atoms with Crippen LogP contribution < -0.4 is 10.2 Å². The van der Waals surface area contributed by atoms with E-state index in [4.69, 9.17) is 11.6 Å². The SMILES string of the molecule is CC(=O)N1CCCCCCCN(C(C)C)Cc2cc(C(=O)NCCn3nc(C)c(Cl)c3C)ccc21. The molecule has 2 aromatic rings. The van der Waals surface area contributed by atoms with Crippen LogP contribution in [-0.4, -0.2) is 52.2 Å². The number of halogens is 1. The van der Waals surface area contributed by atoms with Crippen molar-refractivity contribution in [2.45, 2.75) is 85.9 Å². The van der Waals surface area contributed by atoms with Gasteiger partial charge in [-0.3, -0.25) is 19.2 Å². The third kappa shape index (κ3) is 7.07. The van der Waals surface area contributed by atoms with Gasteiger partial charge < -0.3 is 10.2 Å². The molecule has 192 valence electrons. The van der Waals surface area contributed by atoms with Gasteiger partial charge in [-0.15, -0.1) is 0 Å². The van der Waals surface area contributed by atoms with Crippen LogP contribution >= 0.6 is 11.6 Å². The van der Waals surface area contributed by atoms with Crippen LogP contribution in [0.15, 0.2) is 18.2 Å². The number of carbonyl (C=O) groups is 2. The average Bonchev–Trinajstić information content (AvgIpc) is 3.05. The Kier molecular flexibility index (Phi) is 9.75. The lowest BCUT2D eigenvalue weighted by Crippen LogP contribution is -2.35. The lowest BCUT2D eigenvalue weighted by atomic mass is 10.0. The molecule has 0 saturated heterocycles. The fourth-order valence-electron chi connectivity index (χ4n) is 4.69. The first-order chi connectivity index (χ1) is 16.7. The molecule has 0 unspecified atom stereocenters. The Labute approximate surface area is 214 Å². The third-order valence-electron chi connectivity index (χ3n) is 6.85. The normalized spacial score (nSPS) is 15.9. The van der Waals surface area contributed by atoms with Gasteiger partial charge in [0.25, 0.3) is 5.91 Å². The molecule has 1 aliphatic rings. The highest BCUT2D eigenvalue weighted by atomic mass is 35.5. The van der Waals surface area contributed by atoms with Crippen molar-refractivity contribution in [1.82, 2.24) is 20.0 Å². The largest absolute Gasteiger partial charge is 0.350 e. The van der Waals surface area contributed by atoms with Gasteiger partial charge in [0.2, 0.25) is 5.91 Å². The monoisotopic (exact) mass is 501 g/mol. The van der Waals surface area contributed by atoms with Crippen molar-refractivity contribution in [2.75, 3.05) is 24.5 Å². The average molecular weight is 502 g/mol. The van der Waals surface area contributed by atoms with Crippen LogP contribution in [0.4, 0.5) is 5.69 Å². The minimum absolute atomic E-state index is 0.0418. The second-order valence-electron chi connectivity index (χ2n) is 9.81. The minimum atomic E-state index is -0.128. The fraction of sp³-hybridized carbons (Fsp3) is 0.593. The minimum Gasteiger partial charge on any atom is -0.350 e. The molecule has 2 heterocycles. The van der Waals surface area contributed by atoms with E-state index in [1.54, 1.807) is 6.92 Å². The molecule has 2 amide bonds. The number of fused-ring (bicyclic) bond motifs is 1. The zero-order valence-electron chi connectivity index (χ0n) is 21.9. The molecule has 35 heavy (non-hydrogen) atoms. The zero-order chi connectivity index (χ0) is 25.5. The fourth-order valence-corrected chi connectivity index (χ4v) is 4.82. The number of hydrogen-bond acceptors (Lipinski definition) is 4. The highest BCUT2D eigenvalue weighted by molar-refractivity contribution is 6.31. The number of hydrogen-bond donors (Lipinski definition) is 1. The van der Waals surface area contributed by atoms with Gasteiger partial charge in [-0.05, 0) is 70.8 Å². The van der Waals surface area contributed by atoms with E-state index >= 15 is 0 Å². The molecule has 1 aromatic carbocycles. The smallest absolute Gasteiger partial charge is 0.251 e. The van der Waals surface area contributed by atoms with Crippen molar-refractivity contribution in [1.29, 1.82) is 0 Å². The first kappa shape index (κ1) is 27.2. The Hall–Kier alpha value is -2.38. The summed E-state index contributed by atoms with van der Waals surface area (Å²) in [5.41, 5.74) is 4.23. The van der Waals surface area contributed by atoms with E-state index in [1.807, 2.05) is 41.6 Å². The van der Waals surface area contributed by atoms with Crippen molar-refractivity contribution >= 4 is 29.1 Å². The molecule has 0 fully saturated rings. The molecule has 3 rings (SSSR count). The van der Waals surface area contributed by atoms with E-state index in [0.717, 1.165) is 42.0 Å². The number of anilines is 1.